The van der Waals surface area contributed by atoms with Crippen molar-refractivity contribution in [3.05, 3.63) is 12.3 Å². The zero-order valence-electron chi connectivity index (χ0n) is 6.33. The fraction of sp³-hybridized carbons (Fsp3) is 0.714. The van der Waals surface area contributed by atoms with E-state index in [9.17, 15) is 0 Å². The number of aliphatic hydroxyl groups excluding tert-OH is 3. The van der Waals surface area contributed by atoms with E-state index in [1.54, 1.807) is 13.8 Å². The Kier molecular flexibility index (Phi) is 2.87. The van der Waals surface area contributed by atoms with Crippen molar-refractivity contribution in [2.45, 2.75) is 20.0 Å². The van der Waals surface area contributed by atoms with E-state index in [0.717, 1.165) is 0 Å². The Hall–Kier alpha value is -0.540. The summed E-state index contributed by atoms with van der Waals surface area (Å²) < 4.78 is 0. The molecule has 0 spiro atoms. The maximum absolute atomic E-state index is 9.14. The van der Waals surface area contributed by atoms with Crippen LogP contribution in [0.5, 0.6) is 0 Å². The van der Waals surface area contributed by atoms with Gasteiger partial charge in [0.25, 0.3) is 0 Å². The zero-order chi connectivity index (χ0) is 8.36. The maximum atomic E-state index is 9.14. The molecule has 3 heteroatoms. The highest BCUT2D eigenvalue weighted by molar-refractivity contribution is 4.97. The molecule has 0 saturated carbocycles. The van der Waals surface area contributed by atoms with E-state index in [1.165, 1.54) is 0 Å². The van der Waals surface area contributed by atoms with Crippen LogP contribution in [0.15, 0.2) is 12.3 Å². The summed E-state index contributed by atoms with van der Waals surface area (Å²) in [7, 11) is 0. The molecular formula is C7H14O3. The lowest BCUT2D eigenvalue weighted by atomic mass is 9.87. The van der Waals surface area contributed by atoms with Gasteiger partial charge < -0.3 is 15.3 Å². The Morgan fingerprint density at radius 1 is 1.60 bits per heavy atom. The Labute approximate surface area is 60.6 Å². The highest BCUT2D eigenvalue weighted by Crippen LogP contribution is 2.22. The average Bonchev–Trinajstić information content (AvgIpc) is 1.86. The molecule has 0 heterocycles. The van der Waals surface area contributed by atoms with Crippen LogP contribution in [0.2, 0.25) is 0 Å². The van der Waals surface area contributed by atoms with E-state index in [0.29, 0.717) is 0 Å². The lowest BCUT2D eigenvalue weighted by Crippen LogP contribution is -2.33. The maximum Gasteiger partial charge on any atom is 0.117 e. The molecule has 0 saturated heterocycles. The molecular weight excluding hydrogens is 132 g/mol. The molecule has 3 nitrogen and oxygen atoms in total. The second-order valence-electron chi connectivity index (χ2n) is 3.04. The Bertz CT molecular complexity index is 129. The molecule has 0 aliphatic carbocycles. The van der Waals surface area contributed by atoms with Crippen LogP contribution in [-0.4, -0.2) is 28.0 Å². The minimum absolute atomic E-state index is 0.187. The summed E-state index contributed by atoms with van der Waals surface area (Å²) in [6.07, 6.45) is -1.06. The molecule has 60 valence electrons. The van der Waals surface area contributed by atoms with Gasteiger partial charge in [-0.05, 0) is 0 Å². The van der Waals surface area contributed by atoms with E-state index in [2.05, 4.69) is 6.58 Å². The fourth-order valence-corrected chi connectivity index (χ4v) is 0.538. The molecule has 0 aromatic rings. The third-order valence-corrected chi connectivity index (χ3v) is 1.46. The normalized spacial score (nSPS) is 14.8. The van der Waals surface area contributed by atoms with Crippen LogP contribution in [0.4, 0.5) is 0 Å². The van der Waals surface area contributed by atoms with Gasteiger partial charge in [-0.3, -0.25) is 0 Å². The Morgan fingerprint density at radius 2 is 2.00 bits per heavy atom. The predicted octanol–water partition coefficient (Wildman–Crippen LogP) is 0.437. The minimum Gasteiger partial charge on any atom is -0.510 e. The van der Waals surface area contributed by atoms with Crippen molar-refractivity contribution in [3.63, 3.8) is 0 Å². The Balaban J connectivity index is 4.17. The third kappa shape index (κ3) is 2.01. The molecule has 0 aliphatic rings. The monoisotopic (exact) mass is 146 g/mol. The molecule has 0 fully saturated rings. The second-order valence-corrected chi connectivity index (χ2v) is 3.04. The van der Waals surface area contributed by atoms with Gasteiger partial charge in [0.2, 0.25) is 0 Å². The lowest BCUT2D eigenvalue weighted by Gasteiger charge is -2.26. The third-order valence-electron chi connectivity index (χ3n) is 1.46. The molecule has 0 amide bonds. The van der Waals surface area contributed by atoms with Crippen LogP contribution in [0.3, 0.4) is 0 Å². The summed E-state index contributed by atoms with van der Waals surface area (Å²) in [5.41, 5.74) is -0.716. The van der Waals surface area contributed by atoms with Crippen LogP contribution in [0.25, 0.3) is 0 Å². The summed E-state index contributed by atoms with van der Waals surface area (Å²) in [4.78, 5) is 0. The van der Waals surface area contributed by atoms with Crippen molar-refractivity contribution in [2.75, 3.05) is 6.61 Å². The summed E-state index contributed by atoms with van der Waals surface area (Å²) in [5.74, 6) is -0.306. The van der Waals surface area contributed by atoms with Gasteiger partial charge in [0.05, 0.1) is 6.61 Å². The van der Waals surface area contributed by atoms with Crippen molar-refractivity contribution in [1.29, 1.82) is 0 Å². The molecule has 0 radical (unpaired) electrons. The van der Waals surface area contributed by atoms with Gasteiger partial charge in [-0.2, -0.15) is 0 Å². The molecule has 0 rings (SSSR count). The van der Waals surface area contributed by atoms with Crippen molar-refractivity contribution < 1.29 is 15.3 Å². The molecule has 0 aromatic heterocycles. The van der Waals surface area contributed by atoms with Crippen molar-refractivity contribution >= 4 is 0 Å². The smallest absolute Gasteiger partial charge is 0.117 e. The zero-order valence-corrected chi connectivity index (χ0v) is 6.33. The molecule has 10 heavy (non-hydrogen) atoms. The molecule has 3 N–H and O–H groups in total. The first-order valence-corrected chi connectivity index (χ1v) is 3.08. The molecule has 0 bridgehead atoms. The number of hydrogen-bond donors (Lipinski definition) is 3. The SMILES string of the molecule is C=C(O)[C@H](O)C(C)(C)CO. The second kappa shape index (κ2) is 3.03. The number of aliphatic hydroxyl groups is 3. The van der Waals surface area contributed by atoms with Crippen LogP contribution in [0, 0.1) is 5.41 Å². The summed E-state index contributed by atoms with van der Waals surface area (Å²) >= 11 is 0. The van der Waals surface area contributed by atoms with Gasteiger partial charge in [-0.25, -0.2) is 0 Å². The summed E-state index contributed by atoms with van der Waals surface area (Å²) in [6.45, 7) is 6.25. The highest BCUT2D eigenvalue weighted by Gasteiger charge is 2.28. The quantitative estimate of drug-likeness (QED) is 0.506. The molecule has 0 aromatic carbocycles. The summed E-state index contributed by atoms with van der Waals surface area (Å²) in [6, 6.07) is 0. The predicted molar refractivity (Wildman–Crippen MR) is 38.6 cm³/mol. The van der Waals surface area contributed by atoms with Crippen molar-refractivity contribution in [2.24, 2.45) is 5.41 Å². The van der Waals surface area contributed by atoms with Gasteiger partial charge in [-0.15, -0.1) is 0 Å². The van der Waals surface area contributed by atoms with Crippen molar-refractivity contribution in [3.8, 4) is 0 Å². The van der Waals surface area contributed by atoms with E-state index in [1.807, 2.05) is 0 Å². The van der Waals surface area contributed by atoms with E-state index in [4.69, 9.17) is 15.3 Å². The summed E-state index contributed by atoms with van der Waals surface area (Å²) in [5, 5.41) is 26.6. The average molecular weight is 146 g/mol. The number of rotatable bonds is 3. The van der Waals surface area contributed by atoms with Gasteiger partial charge in [-0.1, -0.05) is 20.4 Å². The minimum atomic E-state index is -1.06. The largest absolute Gasteiger partial charge is 0.510 e. The van der Waals surface area contributed by atoms with E-state index < -0.39 is 11.5 Å². The van der Waals surface area contributed by atoms with Crippen LogP contribution >= 0.6 is 0 Å². The molecule has 0 unspecified atom stereocenters. The first kappa shape index (κ1) is 9.46. The molecule has 0 aliphatic heterocycles. The molecule has 1 atom stereocenters. The van der Waals surface area contributed by atoms with Gasteiger partial charge in [0.1, 0.15) is 11.9 Å². The standard InChI is InChI=1S/C7H14O3/c1-5(9)6(10)7(2,3)4-8/h6,8-10H,1,4H2,2-3H3/t6-/m0/s1. The first-order valence-electron chi connectivity index (χ1n) is 3.08. The van der Waals surface area contributed by atoms with Gasteiger partial charge >= 0.3 is 0 Å². The first-order chi connectivity index (χ1) is 4.41. The topological polar surface area (TPSA) is 60.7 Å². The van der Waals surface area contributed by atoms with Crippen LogP contribution in [0.1, 0.15) is 13.8 Å². The van der Waals surface area contributed by atoms with Gasteiger partial charge in [0.15, 0.2) is 0 Å². The number of hydrogen-bond acceptors (Lipinski definition) is 3. The van der Waals surface area contributed by atoms with Gasteiger partial charge in [0, 0.05) is 5.41 Å². The lowest BCUT2D eigenvalue weighted by molar-refractivity contribution is 0.00763. The van der Waals surface area contributed by atoms with Crippen LogP contribution in [-0.2, 0) is 0 Å². The fourth-order valence-electron chi connectivity index (χ4n) is 0.538. The Morgan fingerprint density at radius 3 is 2.10 bits per heavy atom. The van der Waals surface area contributed by atoms with Crippen molar-refractivity contribution in [1.82, 2.24) is 0 Å². The van der Waals surface area contributed by atoms with E-state index >= 15 is 0 Å². The van der Waals surface area contributed by atoms with E-state index in [-0.39, 0.29) is 12.4 Å². The van der Waals surface area contributed by atoms with Crippen LogP contribution < -0.4 is 0 Å². The highest BCUT2D eigenvalue weighted by atomic mass is 16.3.